The minimum Gasteiger partial charge on any atom is -0.463 e. The molecule has 0 aromatic heterocycles. The van der Waals surface area contributed by atoms with E-state index in [-0.39, 0.29) is 39.4 Å². The second kappa shape index (κ2) is 7.92. The second-order valence-corrected chi connectivity index (χ2v) is 6.12. The zero-order chi connectivity index (χ0) is 20.4. The molecule has 0 saturated heterocycles. The van der Waals surface area contributed by atoms with Gasteiger partial charge in [-0.1, -0.05) is 12.1 Å². The van der Waals surface area contributed by atoms with Gasteiger partial charge in [-0.3, -0.25) is 0 Å². The van der Waals surface area contributed by atoms with Crippen molar-refractivity contribution in [2.75, 3.05) is 6.61 Å². The quantitative estimate of drug-likeness (QED) is 0.702. The molecule has 1 unspecified atom stereocenters. The van der Waals surface area contributed by atoms with Gasteiger partial charge in [-0.15, -0.1) is 13.2 Å². The highest BCUT2D eigenvalue weighted by Crippen LogP contribution is 2.45. The number of nitriles is 1. The minimum atomic E-state index is -4.92. The number of carbonyl (C=O) groups is 1. The normalized spacial score (nSPS) is 17.3. The highest BCUT2D eigenvalue weighted by Gasteiger charge is 2.39. The molecule has 144 valence electrons. The Balaban J connectivity index is 2.67. The molecule has 1 atom stereocenters. The fraction of sp³-hybridized carbons (Fsp3) is 0.294. The van der Waals surface area contributed by atoms with Crippen LogP contribution >= 0.6 is 15.9 Å². The Hall–Kier alpha value is -2.67. The first-order chi connectivity index (χ1) is 12.6. The SMILES string of the molecule is CCOC(=O)C1=C(C)OC(N)=C(C#N)C1c1cccc(OC(F)(F)F)c1Br. The van der Waals surface area contributed by atoms with Gasteiger partial charge < -0.3 is 19.9 Å². The molecule has 0 amide bonds. The summed E-state index contributed by atoms with van der Waals surface area (Å²) < 4.78 is 52.1. The Bertz CT molecular complexity index is 872. The summed E-state index contributed by atoms with van der Waals surface area (Å²) in [7, 11) is 0. The highest BCUT2D eigenvalue weighted by atomic mass is 79.9. The molecule has 27 heavy (non-hydrogen) atoms. The largest absolute Gasteiger partial charge is 0.573 e. The number of nitrogens with zero attached hydrogens (tertiary/aromatic N) is 1. The third-order valence-corrected chi connectivity index (χ3v) is 4.48. The molecule has 2 N–H and O–H groups in total. The van der Waals surface area contributed by atoms with Crippen molar-refractivity contribution in [2.45, 2.75) is 26.1 Å². The van der Waals surface area contributed by atoms with E-state index in [0.717, 1.165) is 6.07 Å². The number of benzene rings is 1. The van der Waals surface area contributed by atoms with Crippen LogP contribution in [0.15, 0.2) is 45.5 Å². The topological polar surface area (TPSA) is 94.6 Å². The Morgan fingerprint density at radius 3 is 2.67 bits per heavy atom. The first kappa shape index (κ1) is 20.6. The smallest absolute Gasteiger partial charge is 0.463 e. The van der Waals surface area contributed by atoms with Gasteiger partial charge in [-0.05, 0) is 41.4 Å². The van der Waals surface area contributed by atoms with Crippen molar-refractivity contribution in [3.8, 4) is 11.8 Å². The van der Waals surface area contributed by atoms with Gasteiger partial charge in [0.1, 0.15) is 23.2 Å². The first-order valence-electron chi connectivity index (χ1n) is 7.60. The molecule has 0 radical (unpaired) electrons. The summed E-state index contributed by atoms with van der Waals surface area (Å²) >= 11 is 3.07. The Morgan fingerprint density at radius 2 is 2.11 bits per heavy atom. The summed E-state index contributed by atoms with van der Waals surface area (Å²) in [6, 6.07) is 5.70. The van der Waals surface area contributed by atoms with Crippen molar-refractivity contribution >= 4 is 21.9 Å². The highest BCUT2D eigenvalue weighted by molar-refractivity contribution is 9.10. The van der Waals surface area contributed by atoms with E-state index in [1.165, 1.54) is 19.1 Å². The zero-order valence-corrected chi connectivity index (χ0v) is 15.8. The summed E-state index contributed by atoms with van der Waals surface area (Å²) in [4.78, 5) is 12.4. The molecular formula is C17H14BrF3N2O4. The maximum atomic E-state index is 12.6. The molecule has 0 saturated carbocycles. The molecule has 1 aromatic rings. The number of ether oxygens (including phenoxy) is 3. The summed E-state index contributed by atoms with van der Waals surface area (Å²) in [5.74, 6) is -2.54. The third kappa shape index (κ3) is 4.36. The van der Waals surface area contributed by atoms with Crippen LogP contribution in [-0.2, 0) is 14.3 Å². The van der Waals surface area contributed by atoms with Crippen molar-refractivity contribution in [1.82, 2.24) is 0 Å². The van der Waals surface area contributed by atoms with Crippen LogP contribution in [0.3, 0.4) is 0 Å². The number of nitrogens with two attached hydrogens (primary N) is 1. The van der Waals surface area contributed by atoms with Gasteiger partial charge in [-0.2, -0.15) is 5.26 Å². The minimum absolute atomic E-state index is 0.0348. The Kier molecular flexibility index (Phi) is 6.05. The lowest BCUT2D eigenvalue weighted by atomic mass is 9.83. The van der Waals surface area contributed by atoms with Gasteiger partial charge in [0.25, 0.3) is 0 Å². The van der Waals surface area contributed by atoms with Gasteiger partial charge in [0.15, 0.2) is 0 Å². The van der Waals surface area contributed by atoms with Gasteiger partial charge >= 0.3 is 12.3 Å². The van der Waals surface area contributed by atoms with Crippen LogP contribution in [0.5, 0.6) is 5.75 Å². The van der Waals surface area contributed by atoms with Crippen molar-refractivity contribution < 1.29 is 32.2 Å². The summed E-state index contributed by atoms with van der Waals surface area (Å²) in [6.45, 7) is 3.10. The second-order valence-electron chi connectivity index (χ2n) is 5.32. The Labute approximate surface area is 161 Å². The van der Waals surface area contributed by atoms with Crippen LogP contribution in [0.2, 0.25) is 0 Å². The van der Waals surface area contributed by atoms with E-state index < -0.39 is 24.0 Å². The van der Waals surface area contributed by atoms with Crippen molar-refractivity contribution in [3.63, 3.8) is 0 Å². The molecule has 1 aliphatic heterocycles. The molecule has 0 spiro atoms. The van der Waals surface area contributed by atoms with Crippen LogP contribution in [-0.4, -0.2) is 18.9 Å². The van der Waals surface area contributed by atoms with Crippen LogP contribution in [0.4, 0.5) is 13.2 Å². The number of allylic oxidation sites excluding steroid dienone is 2. The van der Waals surface area contributed by atoms with Crippen LogP contribution in [0, 0.1) is 11.3 Å². The molecular weight excluding hydrogens is 433 g/mol. The van der Waals surface area contributed by atoms with E-state index in [1.807, 2.05) is 6.07 Å². The molecule has 2 rings (SSSR count). The van der Waals surface area contributed by atoms with E-state index >= 15 is 0 Å². The lowest BCUT2D eigenvalue weighted by molar-refractivity contribution is -0.274. The van der Waals surface area contributed by atoms with Crippen molar-refractivity contribution in [1.29, 1.82) is 5.26 Å². The summed E-state index contributed by atoms with van der Waals surface area (Å²) in [5.41, 5.74) is 5.76. The molecule has 1 heterocycles. The molecule has 0 aliphatic carbocycles. The number of hydrogen-bond donors (Lipinski definition) is 1. The average molecular weight is 447 g/mol. The zero-order valence-electron chi connectivity index (χ0n) is 14.2. The molecule has 6 nitrogen and oxygen atoms in total. The van der Waals surface area contributed by atoms with E-state index in [9.17, 15) is 23.2 Å². The van der Waals surface area contributed by atoms with Gasteiger partial charge in [-0.25, -0.2) is 4.79 Å². The molecule has 1 aromatic carbocycles. The van der Waals surface area contributed by atoms with E-state index in [2.05, 4.69) is 20.7 Å². The van der Waals surface area contributed by atoms with Crippen LogP contribution < -0.4 is 10.5 Å². The third-order valence-electron chi connectivity index (χ3n) is 3.63. The van der Waals surface area contributed by atoms with E-state index in [1.54, 1.807) is 6.92 Å². The number of carbonyl (C=O) groups excluding carboxylic acids is 1. The van der Waals surface area contributed by atoms with E-state index in [4.69, 9.17) is 15.2 Å². The average Bonchev–Trinajstić information content (AvgIpc) is 2.55. The predicted molar refractivity (Wildman–Crippen MR) is 90.8 cm³/mol. The monoisotopic (exact) mass is 446 g/mol. The molecule has 0 bridgehead atoms. The van der Waals surface area contributed by atoms with E-state index in [0.29, 0.717) is 0 Å². The van der Waals surface area contributed by atoms with Gasteiger partial charge in [0, 0.05) is 0 Å². The number of hydrogen-bond acceptors (Lipinski definition) is 6. The number of rotatable bonds is 4. The number of esters is 1. The maximum Gasteiger partial charge on any atom is 0.573 e. The lowest BCUT2D eigenvalue weighted by Crippen LogP contribution is -2.26. The summed E-state index contributed by atoms with van der Waals surface area (Å²) in [6.07, 6.45) is -4.92. The predicted octanol–water partition coefficient (Wildman–Crippen LogP) is 3.99. The van der Waals surface area contributed by atoms with Crippen molar-refractivity contribution in [2.24, 2.45) is 5.73 Å². The van der Waals surface area contributed by atoms with Gasteiger partial charge in [0.05, 0.1) is 22.6 Å². The summed E-state index contributed by atoms with van der Waals surface area (Å²) in [5, 5.41) is 9.49. The number of halogens is 4. The fourth-order valence-electron chi connectivity index (χ4n) is 2.62. The molecule has 10 heteroatoms. The molecule has 1 aliphatic rings. The van der Waals surface area contributed by atoms with Gasteiger partial charge in [0.2, 0.25) is 5.88 Å². The standard InChI is InChI=1S/C17H14BrF3N2O4/c1-3-25-16(24)12-8(2)26-15(23)10(7-22)13(12)9-5-4-6-11(14(9)18)27-17(19,20)21/h4-6,13H,3,23H2,1-2H3. The molecule has 0 fully saturated rings. The first-order valence-corrected chi connectivity index (χ1v) is 8.39. The Morgan fingerprint density at radius 1 is 1.44 bits per heavy atom. The van der Waals surface area contributed by atoms with Crippen molar-refractivity contribution in [3.05, 3.63) is 51.0 Å². The van der Waals surface area contributed by atoms with Crippen LogP contribution in [0.25, 0.3) is 0 Å². The fourth-order valence-corrected chi connectivity index (χ4v) is 3.19. The van der Waals surface area contributed by atoms with Crippen LogP contribution in [0.1, 0.15) is 25.3 Å². The number of alkyl halides is 3. The lowest BCUT2D eigenvalue weighted by Gasteiger charge is -2.28. The maximum absolute atomic E-state index is 12.6.